The van der Waals surface area contributed by atoms with E-state index in [2.05, 4.69) is 15.6 Å². The van der Waals surface area contributed by atoms with Gasteiger partial charge in [-0.15, -0.1) is 11.3 Å². The predicted molar refractivity (Wildman–Crippen MR) is 99.4 cm³/mol. The molecular formula is C18H16F6N4O2S. The summed E-state index contributed by atoms with van der Waals surface area (Å²) in [5.41, 5.74) is -2.81. The normalized spacial score (nSPS) is 15.3. The highest BCUT2D eigenvalue weighted by Gasteiger charge is 2.36. The van der Waals surface area contributed by atoms with E-state index >= 15 is 0 Å². The number of amides is 2. The molecule has 0 spiro atoms. The highest BCUT2D eigenvalue weighted by Crippen LogP contribution is 2.36. The highest BCUT2D eigenvalue weighted by molar-refractivity contribution is 7.13. The largest absolute Gasteiger partial charge is 0.416 e. The lowest BCUT2D eigenvalue weighted by Crippen LogP contribution is -2.50. The first kappa shape index (κ1) is 23.0. The lowest BCUT2D eigenvalue weighted by atomic mass is 10.0. The van der Waals surface area contributed by atoms with Gasteiger partial charge in [0, 0.05) is 24.9 Å². The van der Waals surface area contributed by atoms with Crippen molar-refractivity contribution in [3.63, 3.8) is 0 Å². The molecule has 1 aromatic carbocycles. The van der Waals surface area contributed by atoms with Crippen LogP contribution < -0.4 is 10.6 Å². The maximum Gasteiger partial charge on any atom is 0.416 e. The van der Waals surface area contributed by atoms with Crippen molar-refractivity contribution in [2.45, 2.75) is 18.8 Å². The molecule has 1 saturated heterocycles. The number of alkyl halides is 6. The Morgan fingerprint density at radius 1 is 1.13 bits per heavy atom. The third-order valence-electron chi connectivity index (χ3n) is 4.35. The lowest BCUT2D eigenvalue weighted by Gasteiger charge is -2.26. The maximum absolute atomic E-state index is 13.0. The van der Waals surface area contributed by atoms with Crippen molar-refractivity contribution >= 4 is 28.3 Å². The number of anilines is 1. The standard InChI is InChI=1S/C18H16F6N4O2S/c19-17(20,21)11-3-10(4-12(6-11)18(22,23)24)5-13-9-31-16(26-13)27-14(29)8-28-2-1-25-7-15(28)30/h3-4,6,9,25H,1-2,5,7-8H2,(H,26,27,29). The van der Waals surface area contributed by atoms with Crippen molar-refractivity contribution in [1.29, 1.82) is 0 Å². The molecule has 2 N–H and O–H groups in total. The van der Waals surface area contributed by atoms with Gasteiger partial charge in [-0.1, -0.05) is 0 Å². The molecule has 1 aromatic heterocycles. The van der Waals surface area contributed by atoms with Gasteiger partial charge in [0.2, 0.25) is 11.8 Å². The van der Waals surface area contributed by atoms with Crippen molar-refractivity contribution in [2.75, 3.05) is 31.5 Å². The van der Waals surface area contributed by atoms with Gasteiger partial charge in [0.05, 0.1) is 23.4 Å². The van der Waals surface area contributed by atoms with Gasteiger partial charge in [-0.25, -0.2) is 4.98 Å². The Balaban J connectivity index is 1.70. The number of nitrogens with zero attached hydrogens (tertiary/aromatic N) is 2. The molecule has 0 radical (unpaired) electrons. The van der Waals surface area contributed by atoms with Gasteiger partial charge in [0.15, 0.2) is 5.13 Å². The number of halogens is 6. The van der Waals surface area contributed by atoms with E-state index in [1.807, 2.05) is 0 Å². The van der Waals surface area contributed by atoms with Crippen LogP contribution in [0.25, 0.3) is 0 Å². The number of hydrogen-bond acceptors (Lipinski definition) is 5. The van der Waals surface area contributed by atoms with Crippen molar-refractivity contribution in [3.05, 3.63) is 46.0 Å². The molecule has 31 heavy (non-hydrogen) atoms. The molecule has 0 bridgehead atoms. The van der Waals surface area contributed by atoms with Crippen LogP contribution in [0.1, 0.15) is 22.4 Å². The van der Waals surface area contributed by atoms with Gasteiger partial charge in [-0.2, -0.15) is 26.3 Å². The molecule has 2 heterocycles. The van der Waals surface area contributed by atoms with E-state index < -0.39 is 29.4 Å². The summed E-state index contributed by atoms with van der Waals surface area (Å²) < 4.78 is 77.9. The average molecular weight is 466 g/mol. The minimum atomic E-state index is -4.93. The van der Waals surface area contributed by atoms with E-state index in [1.165, 1.54) is 10.3 Å². The van der Waals surface area contributed by atoms with Crippen LogP contribution in [0.15, 0.2) is 23.6 Å². The lowest BCUT2D eigenvalue weighted by molar-refractivity contribution is -0.143. The SMILES string of the molecule is O=C(CN1CCNCC1=O)Nc1nc(Cc2cc(C(F)(F)F)cc(C(F)(F)F)c2)cs1. The minimum Gasteiger partial charge on any atom is -0.331 e. The van der Waals surface area contributed by atoms with Gasteiger partial charge in [-0.05, 0) is 23.8 Å². The fraction of sp³-hybridized carbons (Fsp3) is 0.389. The zero-order chi connectivity index (χ0) is 22.8. The molecule has 0 unspecified atom stereocenters. The Morgan fingerprint density at radius 2 is 1.77 bits per heavy atom. The smallest absolute Gasteiger partial charge is 0.331 e. The van der Waals surface area contributed by atoms with Crippen LogP contribution >= 0.6 is 11.3 Å². The van der Waals surface area contributed by atoms with Crippen LogP contribution in [0.2, 0.25) is 0 Å². The summed E-state index contributed by atoms with van der Waals surface area (Å²) in [5.74, 6) is -0.735. The van der Waals surface area contributed by atoms with Crippen molar-refractivity contribution in [1.82, 2.24) is 15.2 Å². The van der Waals surface area contributed by atoms with E-state index in [1.54, 1.807) is 0 Å². The number of aromatic nitrogens is 1. The number of rotatable bonds is 5. The third kappa shape index (κ3) is 6.17. The second-order valence-electron chi connectivity index (χ2n) is 6.78. The first-order chi connectivity index (χ1) is 14.4. The van der Waals surface area contributed by atoms with Gasteiger partial charge in [0.25, 0.3) is 0 Å². The molecule has 1 fully saturated rings. The molecule has 1 aliphatic heterocycles. The fourth-order valence-corrected chi connectivity index (χ4v) is 3.65. The first-order valence-corrected chi connectivity index (χ1v) is 9.81. The van der Waals surface area contributed by atoms with Crippen molar-refractivity contribution < 1.29 is 35.9 Å². The molecule has 2 amide bonds. The van der Waals surface area contributed by atoms with E-state index in [0.717, 1.165) is 11.3 Å². The van der Waals surface area contributed by atoms with Crippen LogP contribution in [-0.2, 0) is 28.4 Å². The second-order valence-corrected chi connectivity index (χ2v) is 7.63. The molecule has 0 saturated carbocycles. The summed E-state index contributed by atoms with van der Waals surface area (Å²) in [4.78, 5) is 29.2. The van der Waals surface area contributed by atoms with Gasteiger partial charge >= 0.3 is 12.4 Å². The fourth-order valence-electron chi connectivity index (χ4n) is 2.92. The molecule has 6 nitrogen and oxygen atoms in total. The maximum atomic E-state index is 13.0. The Hall–Kier alpha value is -2.67. The number of piperazine rings is 1. The zero-order valence-corrected chi connectivity index (χ0v) is 16.5. The number of carbonyl (C=O) groups excluding carboxylic acids is 2. The van der Waals surface area contributed by atoms with E-state index in [9.17, 15) is 35.9 Å². The molecule has 168 valence electrons. The highest BCUT2D eigenvalue weighted by atomic mass is 32.1. The third-order valence-corrected chi connectivity index (χ3v) is 5.16. The quantitative estimate of drug-likeness (QED) is 0.665. The summed E-state index contributed by atoms with van der Waals surface area (Å²) >= 11 is 0.976. The molecular weight excluding hydrogens is 450 g/mol. The molecule has 1 aliphatic rings. The molecule has 2 aromatic rings. The van der Waals surface area contributed by atoms with E-state index in [4.69, 9.17) is 0 Å². The van der Waals surface area contributed by atoms with Crippen molar-refractivity contribution in [2.24, 2.45) is 0 Å². The Labute approximate surface area is 176 Å². The topological polar surface area (TPSA) is 74.3 Å². The van der Waals surface area contributed by atoms with Crippen molar-refractivity contribution in [3.8, 4) is 0 Å². The Kier molecular flexibility index (Phi) is 6.55. The summed E-state index contributed by atoms with van der Waals surface area (Å²) in [6.45, 7) is 0.868. The van der Waals surface area contributed by atoms with Gasteiger partial charge in [0.1, 0.15) is 6.54 Å². The summed E-state index contributed by atoms with van der Waals surface area (Å²) in [6.07, 6.45) is -10.1. The molecule has 0 aliphatic carbocycles. The second kappa shape index (κ2) is 8.83. The van der Waals surface area contributed by atoms with Gasteiger partial charge < -0.3 is 15.5 Å². The van der Waals surface area contributed by atoms with E-state index in [-0.39, 0.29) is 47.9 Å². The van der Waals surface area contributed by atoms with Crippen LogP contribution in [0.4, 0.5) is 31.5 Å². The zero-order valence-electron chi connectivity index (χ0n) is 15.7. The molecule has 0 atom stereocenters. The molecule has 13 heteroatoms. The predicted octanol–water partition coefficient (Wildman–Crippen LogP) is 3.14. The first-order valence-electron chi connectivity index (χ1n) is 8.93. The van der Waals surface area contributed by atoms with Crippen LogP contribution in [0.5, 0.6) is 0 Å². The number of thiazole rings is 1. The van der Waals surface area contributed by atoms with Crippen LogP contribution in [-0.4, -0.2) is 47.9 Å². The summed E-state index contributed by atoms with van der Waals surface area (Å²) in [6, 6.07) is 1.35. The number of benzene rings is 1. The average Bonchev–Trinajstić information content (AvgIpc) is 3.08. The number of nitrogens with one attached hydrogen (secondary N) is 2. The Morgan fingerprint density at radius 3 is 2.35 bits per heavy atom. The number of hydrogen-bond donors (Lipinski definition) is 2. The number of carbonyl (C=O) groups is 2. The summed E-state index contributed by atoms with van der Waals surface area (Å²) in [7, 11) is 0. The monoisotopic (exact) mass is 466 g/mol. The van der Waals surface area contributed by atoms with Gasteiger partial charge in [-0.3, -0.25) is 9.59 Å². The molecule has 3 rings (SSSR count). The Bertz CT molecular complexity index is 940. The van der Waals surface area contributed by atoms with Crippen LogP contribution in [0.3, 0.4) is 0 Å². The van der Waals surface area contributed by atoms with Crippen LogP contribution in [0, 0.1) is 0 Å². The van der Waals surface area contributed by atoms with E-state index in [0.29, 0.717) is 25.2 Å². The summed E-state index contributed by atoms with van der Waals surface area (Å²) in [5, 5.41) is 6.91. The minimum absolute atomic E-state index is 0.0631.